The molecule has 0 bridgehead atoms. The van der Waals surface area contributed by atoms with Crippen molar-refractivity contribution in [2.24, 2.45) is 5.92 Å². The van der Waals surface area contributed by atoms with Gasteiger partial charge in [-0.15, -0.1) is 0 Å². The van der Waals surface area contributed by atoms with Crippen molar-refractivity contribution in [3.63, 3.8) is 0 Å². The largest absolute Gasteiger partial charge is 0.303 e. The molecule has 1 heterocycles. The summed E-state index contributed by atoms with van der Waals surface area (Å²) in [6, 6.07) is 13.1. The molecule has 5 heteroatoms. The van der Waals surface area contributed by atoms with Crippen molar-refractivity contribution in [1.82, 2.24) is 9.21 Å². The maximum atomic E-state index is 13.2. The summed E-state index contributed by atoms with van der Waals surface area (Å²) in [7, 11) is -1.80. The lowest BCUT2D eigenvalue weighted by molar-refractivity contribution is 0.171. The van der Waals surface area contributed by atoms with E-state index in [1.807, 2.05) is 43.3 Å². The van der Waals surface area contributed by atoms with Crippen LogP contribution in [0.1, 0.15) is 33.1 Å². The monoisotopic (exact) mass is 374 g/mol. The zero-order valence-corrected chi connectivity index (χ0v) is 16.9. The van der Waals surface area contributed by atoms with Crippen LogP contribution in [-0.4, -0.2) is 50.3 Å². The predicted octanol–water partition coefficient (Wildman–Crippen LogP) is 3.97. The molecule has 1 fully saturated rings. The number of nitrogens with zero attached hydrogens (tertiary/aromatic N) is 2. The van der Waals surface area contributed by atoms with Gasteiger partial charge in [0.05, 0.1) is 4.90 Å². The second kappa shape index (κ2) is 8.07. The summed E-state index contributed by atoms with van der Waals surface area (Å²) in [5.41, 5.74) is 0. The molecule has 142 valence electrons. The van der Waals surface area contributed by atoms with Gasteiger partial charge in [0.1, 0.15) is 0 Å². The maximum Gasteiger partial charge on any atom is 0.243 e. The maximum absolute atomic E-state index is 13.2. The Bertz CT molecular complexity index is 845. The first-order chi connectivity index (χ1) is 12.4. The highest BCUT2D eigenvalue weighted by atomic mass is 32.2. The standard InChI is InChI=1S/C21H30N2O2S/c1-17-8-7-14-23(16-17)15-13-18(2)22(3)26(24,25)21-12-6-10-19-9-4-5-11-20(19)21/h4-6,9-12,17-18H,7-8,13-16H2,1-3H3/t17-,18+/m1/s1. The van der Waals surface area contributed by atoms with Crippen LogP contribution in [0.4, 0.5) is 0 Å². The average Bonchev–Trinajstić information content (AvgIpc) is 2.65. The lowest BCUT2D eigenvalue weighted by atomic mass is 10.00. The molecule has 1 aliphatic rings. The number of sulfonamides is 1. The van der Waals surface area contributed by atoms with Gasteiger partial charge in [-0.3, -0.25) is 0 Å². The molecule has 0 aliphatic carbocycles. The van der Waals surface area contributed by atoms with E-state index in [-0.39, 0.29) is 6.04 Å². The zero-order valence-electron chi connectivity index (χ0n) is 16.1. The molecule has 0 amide bonds. The topological polar surface area (TPSA) is 40.6 Å². The van der Waals surface area contributed by atoms with Gasteiger partial charge in [0, 0.05) is 25.0 Å². The number of benzene rings is 2. The molecule has 3 rings (SSSR count). The molecule has 2 atom stereocenters. The summed E-state index contributed by atoms with van der Waals surface area (Å²) in [5, 5.41) is 1.75. The summed E-state index contributed by atoms with van der Waals surface area (Å²) in [6.07, 6.45) is 3.41. The highest BCUT2D eigenvalue weighted by Gasteiger charge is 2.27. The lowest BCUT2D eigenvalue weighted by Gasteiger charge is -2.33. The van der Waals surface area contributed by atoms with E-state index >= 15 is 0 Å². The van der Waals surface area contributed by atoms with Crippen molar-refractivity contribution in [1.29, 1.82) is 0 Å². The second-order valence-electron chi connectivity index (χ2n) is 7.68. The Labute approximate surface area is 157 Å². The van der Waals surface area contributed by atoms with Gasteiger partial charge in [0.25, 0.3) is 0 Å². The van der Waals surface area contributed by atoms with Crippen LogP contribution in [-0.2, 0) is 10.0 Å². The van der Waals surface area contributed by atoms with E-state index in [4.69, 9.17) is 0 Å². The number of rotatable bonds is 6. The van der Waals surface area contributed by atoms with Crippen LogP contribution in [0.15, 0.2) is 47.4 Å². The Morgan fingerprint density at radius 2 is 1.92 bits per heavy atom. The van der Waals surface area contributed by atoms with Crippen molar-refractivity contribution < 1.29 is 8.42 Å². The second-order valence-corrected chi connectivity index (χ2v) is 9.65. The minimum atomic E-state index is -3.51. The van der Waals surface area contributed by atoms with Gasteiger partial charge < -0.3 is 4.90 Å². The molecular formula is C21H30N2O2S. The summed E-state index contributed by atoms with van der Waals surface area (Å²) >= 11 is 0. The van der Waals surface area contributed by atoms with Gasteiger partial charge in [0.15, 0.2) is 0 Å². The van der Waals surface area contributed by atoms with E-state index in [2.05, 4.69) is 11.8 Å². The third-order valence-electron chi connectivity index (χ3n) is 5.63. The third kappa shape index (κ3) is 4.11. The van der Waals surface area contributed by atoms with Crippen LogP contribution in [0.2, 0.25) is 0 Å². The van der Waals surface area contributed by atoms with Crippen molar-refractivity contribution in [3.8, 4) is 0 Å². The van der Waals surface area contributed by atoms with Gasteiger partial charge in [-0.05, 0) is 56.6 Å². The summed E-state index contributed by atoms with van der Waals surface area (Å²) < 4.78 is 27.9. The van der Waals surface area contributed by atoms with Crippen LogP contribution < -0.4 is 0 Å². The molecule has 4 nitrogen and oxygen atoms in total. The summed E-state index contributed by atoms with van der Waals surface area (Å²) in [6.45, 7) is 7.53. The Morgan fingerprint density at radius 3 is 2.69 bits per heavy atom. The fourth-order valence-electron chi connectivity index (χ4n) is 3.85. The van der Waals surface area contributed by atoms with Crippen LogP contribution in [0.5, 0.6) is 0 Å². The van der Waals surface area contributed by atoms with Crippen molar-refractivity contribution in [3.05, 3.63) is 42.5 Å². The molecule has 0 saturated carbocycles. The first-order valence-corrected chi connectivity index (χ1v) is 11.0. The molecule has 1 aliphatic heterocycles. The van der Waals surface area contributed by atoms with Gasteiger partial charge in [-0.2, -0.15) is 4.31 Å². The van der Waals surface area contributed by atoms with Crippen molar-refractivity contribution >= 4 is 20.8 Å². The number of fused-ring (bicyclic) bond motifs is 1. The van der Waals surface area contributed by atoms with Gasteiger partial charge >= 0.3 is 0 Å². The SMILES string of the molecule is C[C@@H]1CCCN(CC[C@H](C)N(C)S(=O)(=O)c2cccc3ccccc23)C1. The summed E-state index contributed by atoms with van der Waals surface area (Å²) in [5.74, 6) is 0.746. The minimum Gasteiger partial charge on any atom is -0.303 e. The fourth-order valence-corrected chi connectivity index (χ4v) is 5.46. The number of piperidine rings is 1. The number of hydrogen-bond donors (Lipinski definition) is 0. The Kier molecular flexibility index (Phi) is 6.00. The quantitative estimate of drug-likeness (QED) is 0.768. The molecule has 2 aromatic rings. The molecule has 2 aromatic carbocycles. The van der Waals surface area contributed by atoms with E-state index in [0.29, 0.717) is 4.90 Å². The smallest absolute Gasteiger partial charge is 0.243 e. The molecular weight excluding hydrogens is 344 g/mol. The lowest BCUT2D eigenvalue weighted by Crippen LogP contribution is -2.40. The minimum absolute atomic E-state index is 0.0313. The Morgan fingerprint density at radius 1 is 1.19 bits per heavy atom. The highest BCUT2D eigenvalue weighted by Crippen LogP contribution is 2.26. The molecule has 0 N–H and O–H groups in total. The van der Waals surface area contributed by atoms with E-state index in [1.54, 1.807) is 17.4 Å². The normalized spacial score (nSPS) is 20.5. The van der Waals surface area contributed by atoms with E-state index in [1.165, 1.54) is 12.8 Å². The third-order valence-corrected chi connectivity index (χ3v) is 7.66. The van der Waals surface area contributed by atoms with E-state index < -0.39 is 10.0 Å². The fraction of sp³-hybridized carbons (Fsp3) is 0.524. The highest BCUT2D eigenvalue weighted by molar-refractivity contribution is 7.89. The molecule has 0 spiro atoms. The van der Waals surface area contributed by atoms with Gasteiger partial charge in [-0.1, -0.05) is 43.3 Å². The van der Waals surface area contributed by atoms with Crippen LogP contribution >= 0.6 is 0 Å². The zero-order chi connectivity index (χ0) is 18.7. The number of hydrogen-bond acceptors (Lipinski definition) is 3. The molecule has 0 aromatic heterocycles. The van der Waals surface area contributed by atoms with Crippen LogP contribution in [0.25, 0.3) is 10.8 Å². The summed E-state index contributed by atoms with van der Waals surface area (Å²) in [4.78, 5) is 2.87. The van der Waals surface area contributed by atoms with E-state index in [9.17, 15) is 8.42 Å². The first kappa shape index (κ1) is 19.3. The van der Waals surface area contributed by atoms with Crippen LogP contribution in [0, 0.1) is 5.92 Å². The average molecular weight is 375 g/mol. The van der Waals surface area contributed by atoms with Crippen molar-refractivity contribution in [2.75, 3.05) is 26.7 Å². The molecule has 26 heavy (non-hydrogen) atoms. The van der Waals surface area contributed by atoms with Gasteiger partial charge in [0.2, 0.25) is 10.0 Å². The predicted molar refractivity (Wildman–Crippen MR) is 108 cm³/mol. The molecule has 0 unspecified atom stereocenters. The first-order valence-electron chi connectivity index (χ1n) is 9.57. The number of likely N-dealkylation sites (tertiary alicyclic amines) is 1. The molecule has 1 saturated heterocycles. The Hall–Kier alpha value is -1.43. The van der Waals surface area contributed by atoms with Crippen molar-refractivity contribution in [2.45, 2.75) is 44.0 Å². The molecule has 0 radical (unpaired) electrons. The van der Waals surface area contributed by atoms with Crippen LogP contribution in [0.3, 0.4) is 0 Å². The Balaban J connectivity index is 1.73. The van der Waals surface area contributed by atoms with E-state index in [0.717, 1.165) is 42.7 Å². The van der Waals surface area contributed by atoms with Gasteiger partial charge in [-0.25, -0.2) is 8.42 Å².